The average molecular weight is 361 g/mol. The van der Waals surface area contributed by atoms with Crippen LogP contribution in [0.1, 0.15) is 22.3 Å². The number of halogens is 10. The maximum atomic E-state index is 12.7. The van der Waals surface area contributed by atoms with Crippen LogP contribution in [0.4, 0.5) is 39.5 Å². The molecule has 0 N–H and O–H groups in total. The minimum atomic E-state index is -5.49. The highest BCUT2D eigenvalue weighted by molar-refractivity contribution is 7.83. The van der Waals surface area contributed by atoms with Crippen molar-refractivity contribution in [3.8, 4) is 0 Å². The molecule has 0 aromatic heterocycles. The third kappa shape index (κ3) is 4.00. The van der Waals surface area contributed by atoms with Gasteiger partial charge in [0.25, 0.3) is 0 Å². The molecule has 0 aliphatic rings. The highest BCUT2D eigenvalue weighted by Gasteiger charge is 2.45. The molecule has 1 aromatic rings. The van der Waals surface area contributed by atoms with E-state index >= 15 is 0 Å². The maximum Gasteiger partial charge on any atom is 0.417 e. The summed E-state index contributed by atoms with van der Waals surface area (Å²) in [6, 6.07) is -0.918. The molecule has 0 nitrogen and oxygen atoms in total. The molecular formula is C10H2ClF9S. The van der Waals surface area contributed by atoms with Crippen LogP contribution in [0.3, 0.4) is 0 Å². The summed E-state index contributed by atoms with van der Waals surface area (Å²) in [6.07, 6.45) is -16.4. The van der Waals surface area contributed by atoms with E-state index in [1.165, 1.54) is 0 Å². The van der Waals surface area contributed by atoms with E-state index in [0.29, 0.717) is 0 Å². The summed E-state index contributed by atoms with van der Waals surface area (Å²) in [5.41, 5.74) is -8.17. The number of thiocarbonyl (C=S) groups is 1. The molecule has 0 fully saturated rings. The molecular weight excluding hydrogens is 359 g/mol. The standard InChI is InChI=1S/C10H2ClF9S/c11-7(21)6-4(9(15,16)17)1-3(8(12,13)14)2-5(6)10(18,19)20/h1-2H. The van der Waals surface area contributed by atoms with E-state index in [4.69, 9.17) is 11.6 Å². The molecule has 0 saturated carbocycles. The van der Waals surface area contributed by atoms with Gasteiger partial charge < -0.3 is 0 Å². The molecule has 0 saturated heterocycles. The van der Waals surface area contributed by atoms with Gasteiger partial charge in [0, 0.05) is 5.56 Å². The number of hydrogen-bond acceptors (Lipinski definition) is 1. The minimum absolute atomic E-state index is 0.459. The Bertz CT molecular complexity index is 532. The summed E-state index contributed by atoms with van der Waals surface area (Å²) in [6.45, 7) is 0. The number of benzene rings is 1. The van der Waals surface area contributed by atoms with Crippen LogP contribution in [0.15, 0.2) is 12.1 Å². The molecule has 21 heavy (non-hydrogen) atoms. The van der Waals surface area contributed by atoms with Gasteiger partial charge in [-0.05, 0) is 12.1 Å². The van der Waals surface area contributed by atoms with Gasteiger partial charge in [-0.25, -0.2) is 0 Å². The molecule has 0 aliphatic heterocycles. The molecule has 0 unspecified atom stereocenters. The third-order valence-electron chi connectivity index (χ3n) is 2.27. The van der Waals surface area contributed by atoms with Crippen molar-refractivity contribution in [2.45, 2.75) is 18.5 Å². The Hall–Kier alpha value is -1.03. The Balaban J connectivity index is 3.89. The van der Waals surface area contributed by atoms with Gasteiger partial charge in [0.05, 0.1) is 16.7 Å². The van der Waals surface area contributed by atoms with Gasteiger partial charge in [-0.1, -0.05) is 23.8 Å². The summed E-state index contributed by atoms with van der Waals surface area (Å²) >= 11 is 9.14. The van der Waals surface area contributed by atoms with Crippen molar-refractivity contribution in [1.29, 1.82) is 0 Å². The van der Waals surface area contributed by atoms with E-state index in [9.17, 15) is 39.5 Å². The van der Waals surface area contributed by atoms with Crippen molar-refractivity contribution in [3.05, 3.63) is 34.4 Å². The molecule has 1 aromatic carbocycles. The van der Waals surface area contributed by atoms with Crippen molar-refractivity contribution in [3.63, 3.8) is 0 Å². The van der Waals surface area contributed by atoms with Crippen LogP contribution in [-0.2, 0) is 18.5 Å². The van der Waals surface area contributed by atoms with Gasteiger partial charge in [-0.2, -0.15) is 39.5 Å². The van der Waals surface area contributed by atoms with Gasteiger partial charge in [0.15, 0.2) is 0 Å². The average Bonchev–Trinajstić information content (AvgIpc) is 2.23. The van der Waals surface area contributed by atoms with E-state index in [-0.39, 0.29) is 0 Å². The van der Waals surface area contributed by atoms with Crippen molar-refractivity contribution in [2.75, 3.05) is 0 Å². The normalized spacial score (nSPS) is 13.4. The number of rotatable bonds is 1. The molecule has 1 rings (SSSR count). The molecule has 0 bridgehead atoms. The van der Waals surface area contributed by atoms with E-state index in [1.807, 2.05) is 0 Å². The maximum absolute atomic E-state index is 12.7. The first kappa shape index (κ1) is 18.0. The Morgan fingerprint density at radius 3 is 1.29 bits per heavy atom. The van der Waals surface area contributed by atoms with Gasteiger partial charge in [-0.3, -0.25) is 0 Å². The molecule has 118 valence electrons. The zero-order valence-corrected chi connectivity index (χ0v) is 10.9. The van der Waals surface area contributed by atoms with Gasteiger partial charge in [0.2, 0.25) is 0 Å². The van der Waals surface area contributed by atoms with E-state index in [0.717, 1.165) is 0 Å². The second kappa shape index (κ2) is 5.31. The first-order valence-electron chi connectivity index (χ1n) is 4.75. The highest BCUT2D eigenvalue weighted by atomic mass is 35.5. The minimum Gasteiger partial charge on any atom is -0.166 e. The predicted molar refractivity (Wildman–Crippen MR) is 59.0 cm³/mol. The Kier molecular flexibility index (Phi) is 4.56. The Labute approximate surface area is 121 Å². The molecule has 0 aliphatic carbocycles. The van der Waals surface area contributed by atoms with Crippen LogP contribution >= 0.6 is 23.8 Å². The fraction of sp³-hybridized carbons (Fsp3) is 0.300. The summed E-state index contributed by atoms with van der Waals surface area (Å²) in [4.78, 5) is 0. The lowest BCUT2D eigenvalue weighted by Gasteiger charge is -2.20. The molecule has 0 spiro atoms. The lowest BCUT2D eigenvalue weighted by Crippen LogP contribution is -2.21. The lowest BCUT2D eigenvalue weighted by molar-refractivity contribution is -0.148. The van der Waals surface area contributed by atoms with Crippen molar-refractivity contribution in [2.24, 2.45) is 0 Å². The molecule has 0 radical (unpaired) electrons. The van der Waals surface area contributed by atoms with E-state index in [1.54, 1.807) is 0 Å². The Morgan fingerprint density at radius 1 is 0.762 bits per heavy atom. The van der Waals surface area contributed by atoms with Crippen LogP contribution in [0.25, 0.3) is 0 Å². The largest absolute Gasteiger partial charge is 0.417 e. The van der Waals surface area contributed by atoms with Crippen LogP contribution in [-0.4, -0.2) is 4.32 Å². The molecule has 0 atom stereocenters. The van der Waals surface area contributed by atoms with Crippen molar-refractivity contribution >= 4 is 28.1 Å². The predicted octanol–water partition coefficient (Wildman–Crippen LogP) is 5.66. The van der Waals surface area contributed by atoms with Gasteiger partial charge >= 0.3 is 18.5 Å². The molecule has 0 heterocycles. The first-order valence-corrected chi connectivity index (χ1v) is 5.53. The molecule has 0 amide bonds. The Morgan fingerprint density at radius 2 is 1.10 bits per heavy atom. The van der Waals surface area contributed by atoms with Crippen molar-refractivity contribution < 1.29 is 39.5 Å². The second-order valence-electron chi connectivity index (χ2n) is 3.71. The van der Waals surface area contributed by atoms with Gasteiger partial charge in [0.1, 0.15) is 4.32 Å². The second-order valence-corrected chi connectivity index (χ2v) is 4.72. The third-order valence-corrected chi connectivity index (χ3v) is 2.67. The number of alkyl halides is 9. The summed E-state index contributed by atoms with van der Waals surface area (Å²) in [5.74, 6) is 0. The van der Waals surface area contributed by atoms with Crippen LogP contribution in [0, 0.1) is 0 Å². The lowest BCUT2D eigenvalue weighted by atomic mass is 9.97. The fourth-order valence-corrected chi connectivity index (χ4v) is 1.89. The van der Waals surface area contributed by atoms with Crippen molar-refractivity contribution in [1.82, 2.24) is 0 Å². The monoisotopic (exact) mass is 360 g/mol. The van der Waals surface area contributed by atoms with Crippen LogP contribution in [0.5, 0.6) is 0 Å². The quantitative estimate of drug-likeness (QED) is 0.354. The number of hydrogen-bond donors (Lipinski definition) is 0. The zero-order valence-electron chi connectivity index (χ0n) is 9.34. The fourth-order valence-electron chi connectivity index (χ4n) is 1.46. The molecule has 11 heteroatoms. The van der Waals surface area contributed by atoms with Crippen LogP contribution < -0.4 is 0 Å². The summed E-state index contributed by atoms with van der Waals surface area (Å²) < 4.78 is 112. The van der Waals surface area contributed by atoms with Gasteiger partial charge in [-0.15, -0.1) is 0 Å². The SMILES string of the molecule is FC(F)(F)c1cc(C(F)(F)F)c(C(=S)Cl)c(C(F)(F)F)c1. The first-order chi connectivity index (χ1) is 9.15. The van der Waals surface area contributed by atoms with E-state index in [2.05, 4.69) is 12.2 Å². The van der Waals surface area contributed by atoms with Crippen LogP contribution in [0.2, 0.25) is 0 Å². The zero-order chi connectivity index (χ0) is 16.8. The topological polar surface area (TPSA) is 0 Å². The summed E-state index contributed by atoms with van der Waals surface area (Å²) in [5, 5.41) is 0. The highest BCUT2D eigenvalue weighted by Crippen LogP contribution is 2.44. The van der Waals surface area contributed by atoms with E-state index < -0.39 is 57.2 Å². The smallest absolute Gasteiger partial charge is 0.166 e. The summed E-state index contributed by atoms with van der Waals surface area (Å²) in [7, 11) is 0.